The van der Waals surface area contributed by atoms with Gasteiger partial charge in [0.2, 0.25) is 0 Å². The first-order chi connectivity index (χ1) is 20.4. The van der Waals surface area contributed by atoms with Crippen molar-refractivity contribution < 1.29 is 13.0 Å². The monoisotopic (exact) mass is 663 g/mol. The number of aromatic nitrogens is 2. The maximum atomic E-state index is 12.6. The largest absolute Gasteiger partial charge is 0.353 e. The van der Waals surface area contributed by atoms with Gasteiger partial charge in [-0.2, -0.15) is 8.42 Å². The second-order valence-corrected chi connectivity index (χ2v) is 13.2. The normalized spacial score (nSPS) is 14.5. The summed E-state index contributed by atoms with van der Waals surface area (Å²) < 4.78 is 34.0. The first-order valence-electron chi connectivity index (χ1n) is 14.8. The van der Waals surface area contributed by atoms with Gasteiger partial charge in [0.15, 0.2) is 0 Å². The molecule has 4 aromatic rings. The Labute approximate surface area is 296 Å². The Balaban J connectivity index is 0.000000301. The number of halogens is 1. The summed E-state index contributed by atoms with van der Waals surface area (Å²) in [5, 5.41) is 3.72. The van der Waals surface area contributed by atoms with E-state index in [-0.39, 0.29) is 58.6 Å². The number of para-hydroxylation sites is 1. The van der Waals surface area contributed by atoms with E-state index < -0.39 is 16.0 Å². The molecule has 0 bridgehead atoms. The molecule has 1 saturated carbocycles. The Morgan fingerprint density at radius 2 is 1.36 bits per heavy atom. The summed E-state index contributed by atoms with van der Waals surface area (Å²) in [5.74, 6) is -0.637. The molecule has 1 fully saturated rings. The molecule has 45 heavy (non-hydrogen) atoms. The molecule has 8 nitrogen and oxygen atoms in total. The number of nitrogens with zero attached hydrogens (tertiary/aromatic N) is 3. The fourth-order valence-corrected chi connectivity index (χ4v) is 6.93. The molecule has 0 saturated heterocycles. The van der Waals surface area contributed by atoms with E-state index in [9.17, 15) is 13.2 Å². The van der Waals surface area contributed by atoms with Crippen molar-refractivity contribution in [3.05, 3.63) is 118 Å². The molecule has 1 aromatic heterocycles. The predicted octanol–water partition coefficient (Wildman–Crippen LogP) is 5.72. The van der Waals surface area contributed by atoms with Crippen LogP contribution in [0.3, 0.4) is 0 Å². The van der Waals surface area contributed by atoms with Gasteiger partial charge in [0, 0.05) is 61.2 Å². The van der Waals surface area contributed by atoms with Gasteiger partial charge in [-0.25, -0.2) is 4.68 Å². The molecule has 0 unspecified atom stereocenters. The van der Waals surface area contributed by atoms with Gasteiger partial charge in [-0.1, -0.05) is 92.7 Å². The molecule has 1 aliphatic rings. The second-order valence-electron chi connectivity index (χ2n) is 11.7. The summed E-state index contributed by atoms with van der Waals surface area (Å²) in [6, 6.07) is 32.5. The van der Waals surface area contributed by atoms with E-state index in [4.69, 9.17) is 4.55 Å². The molecule has 0 spiro atoms. The molecule has 1 radical (unpaired) electrons. The van der Waals surface area contributed by atoms with Crippen LogP contribution in [0.2, 0.25) is 0 Å². The van der Waals surface area contributed by atoms with Gasteiger partial charge < -0.3 is 10.2 Å². The molecule has 0 atom stereocenters. The average molecular weight is 664 g/mol. The topological polar surface area (TPSA) is 96.6 Å². The van der Waals surface area contributed by atoms with Crippen molar-refractivity contribution in [2.24, 2.45) is 7.05 Å². The van der Waals surface area contributed by atoms with Crippen molar-refractivity contribution in [1.82, 2.24) is 14.7 Å². The molecule has 0 amide bonds. The number of hydrogen-bond donors (Lipinski definition) is 2. The van der Waals surface area contributed by atoms with E-state index in [2.05, 4.69) is 79.8 Å². The molecule has 1 heterocycles. The minimum atomic E-state index is -4.20. The molecular weight excluding hydrogens is 619 g/mol. The van der Waals surface area contributed by atoms with Crippen molar-refractivity contribution in [3.8, 4) is 5.69 Å². The van der Waals surface area contributed by atoms with Gasteiger partial charge in [0.05, 0.1) is 11.4 Å². The van der Waals surface area contributed by atoms with Crippen molar-refractivity contribution in [2.45, 2.75) is 64.0 Å². The fraction of sp³-hybridized carbons (Fsp3) is 0.382. The van der Waals surface area contributed by atoms with Crippen LogP contribution >= 0.6 is 12.4 Å². The second kappa shape index (κ2) is 17.0. The smallest absolute Gasteiger partial charge is 0.295 e. The van der Waals surface area contributed by atoms with Gasteiger partial charge in [-0.15, -0.1) is 12.4 Å². The summed E-state index contributed by atoms with van der Waals surface area (Å²) in [4.78, 5) is 13.8. The van der Waals surface area contributed by atoms with E-state index >= 15 is 0 Å². The van der Waals surface area contributed by atoms with Crippen LogP contribution in [0.15, 0.2) is 95.8 Å². The van der Waals surface area contributed by atoms with Crippen LogP contribution in [0.1, 0.15) is 56.4 Å². The predicted molar refractivity (Wildman–Crippen MR) is 188 cm³/mol. The number of nitrogens with one attached hydrogen (secondary N) is 1. The van der Waals surface area contributed by atoms with Gasteiger partial charge >= 0.3 is 0 Å². The third-order valence-electron chi connectivity index (χ3n) is 8.32. The minimum Gasteiger partial charge on any atom is -0.353 e. The molecule has 5 rings (SSSR count). The van der Waals surface area contributed by atoms with Gasteiger partial charge in [0.1, 0.15) is 11.6 Å². The molecule has 3 aromatic carbocycles. The van der Waals surface area contributed by atoms with Crippen molar-refractivity contribution in [3.63, 3.8) is 0 Å². The van der Waals surface area contributed by atoms with Crippen molar-refractivity contribution in [1.29, 1.82) is 0 Å². The van der Waals surface area contributed by atoms with E-state index in [0.29, 0.717) is 23.5 Å². The van der Waals surface area contributed by atoms with Gasteiger partial charge in [0.25, 0.3) is 15.7 Å². The molecule has 239 valence electrons. The van der Waals surface area contributed by atoms with Crippen molar-refractivity contribution >= 4 is 57.8 Å². The van der Waals surface area contributed by atoms with Crippen LogP contribution in [-0.4, -0.2) is 76.9 Å². The van der Waals surface area contributed by atoms with E-state index in [0.717, 1.165) is 0 Å². The quantitative estimate of drug-likeness (QED) is 0.185. The minimum absolute atomic E-state index is 0. The van der Waals surface area contributed by atoms with Crippen molar-refractivity contribution in [2.75, 3.05) is 17.8 Å². The van der Waals surface area contributed by atoms with Crippen LogP contribution in [0.4, 0.5) is 5.69 Å². The maximum absolute atomic E-state index is 12.6. The fourth-order valence-electron chi connectivity index (χ4n) is 6.31. The van der Waals surface area contributed by atoms with Crippen LogP contribution in [0.25, 0.3) is 5.69 Å². The number of benzene rings is 3. The Bertz CT molecular complexity index is 1600. The zero-order valence-electron chi connectivity index (χ0n) is 27.2. The van der Waals surface area contributed by atoms with Crippen LogP contribution in [0, 0.1) is 6.92 Å². The number of hydrogen-bond acceptors (Lipinski definition) is 5. The molecule has 2 N–H and O–H groups in total. The summed E-state index contributed by atoms with van der Waals surface area (Å²) in [5.41, 5.74) is 4.33. The van der Waals surface area contributed by atoms with E-state index in [1.807, 2.05) is 18.2 Å². The summed E-state index contributed by atoms with van der Waals surface area (Å²) in [6.07, 6.45) is 4.96. The Morgan fingerprint density at radius 3 is 1.78 bits per heavy atom. The molecule has 0 aliphatic heterocycles. The number of anilines is 1. The zero-order chi connectivity index (χ0) is 31.2. The third-order valence-corrected chi connectivity index (χ3v) is 9.04. The van der Waals surface area contributed by atoms with E-state index in [1.165, 1.54) is 53.4 Å². The first-order valence-corrected chi connectivity index (χ1v) is 16.4. The van der Waals surface area contributed by atoms with Gasteiger partial charge in [-0.3, -0.25) is 14.0 Å². The maximum Gasteiger partial charge on any atom is 0.295 e. The zero-order valence-corrected chi connectivity index (χ0v) is 30.8. The van der Waals surface area contributed by atoms with Crippen LogP contribution in [-0.2, 0) is 22.6 Å². The van der Waals surface area contributed by atoms with Gasteiger partial charge in [-0.05, 0) is 55.9 Å². The summed E-state index contributed by atoms with van der Waals surface area (Å²) >= 11 is 0. The Kier molecular flexibility index (Phi) is 14.6. The standard InChI is InChI=1S/C21H27N.C13H17N3O4S.ClH.Na/c1-17(2)22-20-13-15-21(16-14-20,18-9-5-3-6-10-18)19-11-7-4-8-12-19;1-10-12(14(2)9-21(18,19)20)13(17)16(15(10)3)11-7-5-4-6-8-11;;/h3-12,17,20,22H,13-16H2,1-2H3;4-8H,9H2,1-3H3,(H,18,19,20);1H;. The summed E-state index contributed by atoms with van der Waals surface area (Å²) in [6.45, 7) is 6.21. The Hall–Kier alpha value is -2.37. The molecule has 11 heteroatoms. The Morgan fingerprint density at radius 1 is 0.911 bits per heavy atom. The molecule has 1 aliphatic carbocycles. The first kappa shape index (κ1) is 38.8. The summed E-state index contributed by atoms with van der Waals surface area (Å²) in [7, 11) is -1.04. The third kappa shape index (κ3) is 9.58. The van der Waals surface area contributed by atoms with Crippen LogP contribution < -0.4 is 15.8 Å². The number of rotatable bonds is 8. The SMILES string of the molecule is CC(C)NC1CCC(c2ccccc2)(c2ccccc2)CC1.Cc1c(N(C)CS(=O)(=O)O)c(=O)n(-c2ccccc2)n1C.Cl.[Na]. The average Bonchev–Trinajstić information content (AvgIpc) is 3.21. The van der Waals surface area contributed by atoms with E-state index in [1.54, 1.807) is 30.8 Å². The van der Waals surface area contributed by atoms with Crippen LogP contribution in [0.5, 0.6) is 0 Å². The molecular formula is C34H45ClN4NaO4S.